The van der Waals surface area contributed by atoms with E-state index in [9.17, 15) is 4.79 Å². The number of rotatable bonds is 4. The van der Waals surface area contributed by atoms with Crippen LogP contribution in [0.15, 0.2) is 16.8 Å². The van der Waals surface area contributed by atoms with Crippen LogP contribution in [0.3, 0.4) is 0 Å². The molecule has 1 amide bonds. The number of hydrogen-bond acceptors (Lipinski definition) is 6. The van der Waals surface area contributed by atoms with E-state index < -0.39 is 0 Å². The monoisotopic (exact) mass is 346 g/mol. The lowest BCUT2D eigenvalue weighted by molar-refractivity contribution is -0.133. The maximum atomic E-state index is 12.3. The Labute approximate surface area is 147 Å². The van der Waals surface area contributed by atoms with E-state index in [-0.39, 0.29) is 17.9 Å². The van der Waals surface area contributed by atoms with E-state index >= 15 is 0 Å². The molecule has 1 aliphatic heterocycles. The summed E-state index contributed by atoms with van der Waals surface area (Å²) in [5.41, 5.74) is 1.25. The number of furan rings is 1. The van der Waals surface area contributed by atoms with Gasteiger partial charge in [0, 0.05) is 43.7 Å². The smallest absolute Gasteiger partial charge is 0.244 e. The van der Waals surface area contributed by atoms with Gasteiger partial charge >= 0.3 is 0 Å². The molecule has 0 spiro atoms. The van der Waals surface area contributed by atoms with Crippen LogP contribution in [0.25, 0.3) is 0 Å². The molecule has 136 valence electrons. The standard InChI is InChI=1S/C17H26N6O2/c1-13-14(9-15(25-13)17(2,3)4)10-21-5-7-22(8-6-21)16(24)11-23-12-18-19-20-23/h9,12H,5-8,10-11H2,1-4H3. The Balaban J connectivity index is 1.53. The number of carbonyl (C=O) groups is 1. The highest BCUT2D eigenvalue weighted by atomic mass is 16.3. The summed E-state index contributed by atoms with van der Waals surface area (Å²) >= 11 is 0. The lowest BCUT2D eigenvalue weighted by Gasteiger charge is -2.34. The number of nitrogens with zero attached hydrogens (tertiary/aromatic N) is 6. The van der Waals surface area contributed by atoms with E-state index in [0.717, 1.165) is 44.2 Å². The number of hydrogen-bond donors (Lipinski definition) is 0. The normalized spacial score (nSPS) is 16.4. The third kappa shape index (κ3) is 4.25. The van der Waals surface area contributed by atoms with Crippen molar-refractivity contribution in [3.05, 3.63) is 29.5 Å². The Morgan fingerprint density at radius 1 is 1.24 bits per heavy atom. The lowest BCUT2D eigenvalue weighted by atomic mass is 9.93. The van der Waals surface area contributed by atoms with Gasteiger partial charge in [-0.3, -0.25) is 9.69 Å². The van der Waals surface area contributed by atoms with Crippen LogP contribution in [0.4, 0.5) is 0 Å². The number of amides is 1. The van der Waals surface area contributed by atoms with Crippen molar-refractivity contribution >= 4 is 5.91 Å². The Morgan fingerprint density at radius 3 is 2.52 bits per heavy atom. The first kappa shape index (κ1) is 17.6. The average molecular weight is 346 g/mol. The summed E-state index contributed by atoms with van der Waals surface area (Å²) < 4.78 is 7.38. The predicted molar refractivity (Wildman–Crippen MR) is 91.8 cm³/mol. The van der Waals surface area contributed by atoms with Crippen LogP contribution in [0, 0.1) is 6.92 Å². The molecule has 0 aromatic carbocycles. The molecule has 1 saturated heterocycles. The summed E-state index contributed by atoms with van der Waals surface area (Å²) in [5, 5.41) is 10.8. The molecule has 0 unspecified atom stereocenters. The van der Waals surface area contributed by atoms with E-state index in [4.69, 9.17) is 4.42 Å². The van der Waals surface area contributed by atoms with Crippen LogP contribution in [0.2, 0.25) is 0 Å². The predicted octanol–water partition coefficient (Wildman–Crippen LogP) is 1.22. The van der Waals surface area contributed by atoms with Gasteiger partial charge in [0.15, 0.2) is 0 Å². The Kier molecular flexibility index (Phi) is 4.89. The minimum absolute atomic E-state index is 0.0182. The van der Waals surface area contributed by atoms with Crippen molar-refractivity contribution in [1.29, 1.82) is 0 Å². The third-order valence-corrected chi connectivity index (χ3v) is 4.57. The topological polar surface area (TPSA) is 80.3 Å². The first-order valence-corrected chi connectivity index (χ1v) is 8.63. The van der Waals surface area contributed by atoms with Gasteiger partial charge in [0.2, 0.25) is 5.91 Å². The van der Waals surface area contributed by atoms with E-state index in [0.29, 0.717) is 0 Å². The molecular formula is C17H26N6O2. The summed E-state index contributed by atoms with van der Waals surface area (Å²) in [4.78, 5) is 16.5. The number of tetrazole rings is 1. The van der Waals surface area contributed by atoms with Crippen LogP contribution < -0.4 is 0 Å². The summed E-state index contributed by atoms with van der Waals surface area (Å²) in [6, 6.07) is 2.17. The van der Waals surface area contributed by atoms with Gasteiger partial charge in [0.1, 0.15) is 24.4 Å². The number of piperazine rings is 1. The molecule has 0 N–H and O–H groups in total. The third-order valence-electron chi connectivity index (χ3n) is 4.57. The second-order valence-electron chi connectivity index (χ2n) is 7.61. The summed E-state index contributed by atoms with van der Waals surface area (Å²) in [5.74, 6) is 2.07. The minimum Gasteiger partial charge on any atom is -0.465 e. The van der Waals surface area contributed by atoms with E-state index in [1.54, 1.807) is 0 Å². The maximum absolute atomic E-state index is 12.3. The molecule has 0 saturated carbocycles. The molecule has 3 heterocycles. The highest BCUT2D eigenvalue weighted by molar-refractivity contribution is 5.75. The SMILES string of the molecule is Cc1oc(C(C)(C)C)cc1CN1CCN(C(=O)Cn2cnnn2)CC1. The van der Waals surface area contributed by atoms with Crippen molar-refractivity contribution in [2.45, 2.75) is 46.2 Å². The highest BCUT2D eigenvalue weighted by Gasteiger charge is 2.24. The first-order valence-electron chi connectivity index (χ1n) is 8.63. The molecule has 0 bridgehead atoms. The molecule has 0 atom stereocenters. The van der Waals surface area contributed by atoms with Gasteiger partial charge in [0.25, 0.3) is 0 Å². The zero-order valence-corrected chi connectivity index (χ0v) is 15.4. The molecule has 1 aliphatic rings. The lowest BCUT2D eigenvalue weighted by Crippen LogP contribution is -2.49. The molecule has 25 heavy (non-hydrogen) atoms. The zero-order valence-electron chi connectivity index (χ0n) is 15.4. The highest BCUT2D eigenvalue weighted by Crippen LogP contribution is 2.27. The van der Waals surface area contributed by atoms with Gasteiger partial charge in [-0.25, -0.2) is 4.68 Å². The van der Waals surface area contributed by atoms with Gasteiger partial charge in [0.05, 0.1) is 0 Å². The first-order chi connectivity index (χ1) is 11.8. The van der Waals surface area contributed by atoms with Crippen molar-refractivity contribution in [2.75, 3.05) is 26.2 Å². The number of aromatic nitrogens is 4. The molecule has 2 aromatic rings. The molecule has 2 aromatic heterocycles. The van der Waals surface area contributed by atoms with Gasteiger partial charge < -0.3 is 9.32 Å². The van der Waals surface area contributed by atoms with Crippen LogP contribution in [0.5, 0.6) is 0 Å². The second-order valence-corrected chi connectivity index (χ2v) is 7.61. The van der Waals surface area contributed by atoms with Gasteiger partial charge in [-0.05, 0) is 23.4 Å². The molecule has 0 aliphatic carbocycles. The molecule has 8 nitrogen and oxygen atoms in total. The molecule has 1 fully saturated rings. The van der Waals surface area contributed by atoms with E-state index in [1.165, 1.54) is 16.6 Å². The number of aryl methyl sites for hydroxylation is 1. The fourth-order valence-electron chi connectivity index (χ4n) is 2.93. The fourth-order valence-corrected chi connectivity index (χ4v) is 2.93. The Morgan fingerprint density at radius 2 is 1.96 bits per heavy atom. The summed E-state index contributed by atoms with van der Waals surface area (Å²) in [6.07, 6.45) is 1.46. The van der Waals surface area contributed by atoms with Crippen LogP contribution >= 0.6 is 0 Å². The summed E-state index contributed by atoms with van der Waals surface area (Å²) in [7, 11) is 0. The molecular weight excluding hydrogens is 320 g/mol. The average Bonchev–Trinajstić information content (AvgIpc) is 3.18. The van der Waals surface area contributed by atoms with Crippen LogP contribution in [0.1, 0.15) is 37.9 Å². The van der Waals surface area contributed by atoms with Crippen LogP contribution in [-0.2, 0) is 23.3 Å². The van der Waals surface area contributed by atoms with Crippen LogP contribution in [-0.4, -0.2) is 62.1 Å². The fraction of sp³-hybridized carbons (Fsp3) is 0.647. The van der Waals surface area contributed by atoms with Crippen molar-refractivity contribution in [1.82, 2.24) is 30.0 Å². The Hall–Kier alpha value is -2.22. The van der Waals surface area contributed by atoms with E-state index in [1.807, 2.05) is 11.8 Å². The van der Waals surface area contributed by atoms with Gasteiger partial charge in [-0.15, -0.1) is 5.10 Å². The quantitative estimate of drug-likeness (QED) is 0.828. The van der Waals surface area contributed by atoms with Crippen molar-refractivity contribution in [2.24, 2.45) is 0 Å². The van der Waals surface area contributed by atoms with Gasteiger partial charge in [-0.1, -0.05) is 20.8 Å². The minimum atomic E-state index is 0.0182. The number of carbonyl (C=O) groups excluding carboxylic acids is 1. The maximum Gasteiger partial charge on any atom is 0.244 e. The summed E-state index contributed by atoms with van der Waals surface area (Å²) in [6.45, 7) is 12.7. The molecule has 8 heteroatoms. The van der Waals surface area contributed by atoms with Crippen molar-refractivity contribution in [3.8, 4) is 0 Å². The zero-order chi connectivity index (χ0) is 18.0. The Bertz CT molecular complexity index is 708. The van der Waals surface area contributed by atoms with Crippen molar-refractivity contribution in [3.63, 3.8) is 0 Å². The molecule has 0 radical (unpaired) electrons. The molecule has 3 rings (SSSR count). The van der Waals surface area contributed by atoms with E-state index in [2.05, 4.69) is 47.3 Å². The largest absolute Gasteiger partial charge is 0.465 e. The van der Waals surface area contributed by atoms with Crippen molar-refractivity contribution < 1.29 is 9.21 Å². The van der Waals surface area contributed by atoms with Gasteiger partial charge in [-0.2, -0.15) is 0 Å². The second kappa shape index (κ2) is 6.95.